The SMILES string of the molecule is CCCNCC(=Cc1cscn1)CC. The number of hydrogen-bond donors (Lipinski definition) is 1. The molecule has 1 rings (SSSR count). The first kappa shape index (κ1) is 11.4. The Morgan fingerprint density at radius 1 is 1.57 bits per heavy atom. The molecule has 0 saturated heterocycles. The van der Waals surface area contributed by atoms with E-state index in [4.69, 9.17) is 0 Å². The van der Waals surface area contributed by atoms with Crippen molar-refractivity contribution in [2.24, 2.45) is 0 Å². The van der Waals surface area contributed by atoms with Gasteiger partial charge < -0.3 is 5.32 Å². The van der Waals surface area contributed by atoms with Gasteiger partial charge in [-0.25, -0.2) is 4.98 Å². The molecule has 0 aromatic carbocycles. The van der Waals surface area contributed by atoms with Gasteiger partial charge in [0.2, 0.25) is 0 Å². The van der Waals surface area contributed by atoms with Gasteiger partial charge in [0, 0.05) is 11.9 Å². The highest BCUT2D eigenvalue weighted by molar-refractivity contribution is 7.07. The van der Waals surface area contributed by atoms with Crippen LogP contribution in [0.5, 0.6) is 0 Å². The van der Waals surface area contributed by atoms with Crippen LogP contribution in [0.1, 0.15) is 32.4 Å². The molecule has 0 aliphatic carbocycles. The zero-order valence-electron chi connectivity index (χ0n) is 8.92. The molecule has 1 aromatic rings. The highest BCUT2D eigenvalue weighted by Gasteiger charge is 1.95. The maximum Gasteiger partial charge on any atom is 0.0798 e. The quantitative estimate of drug-likeness (QED) is 0.730. The fourth-order valence-corrected chi connectivity index (χ4v) is 1.72. The molecular weight excluding hydrogens is 192 g/mol. The zero-order valence-corrected chi connectivity index (χ0v) is 9.73. The van der Waals surface area contributed by atoms with E-state index in [0.717, 1.165) is 25.2 Å². The summed E-state index contributed by atoms with van der Waals surface area (Å²) in [6.07, 6.45) is 4.46. The van der Waals surface area contributed by atoms with Crippen molar-refractivity contribution in [1.82, 2.24) is 10.3 Å². The average molecular weight is 210 g/mol. The van der Waals surface area contributed by atoms with Gasteiger partial charge in [0.1, 0.15) is 0 Å². The normalized spacial score (nSPS) is 12.0. The van der Waals surface area contributed by atoms with E-state index < -0.39 is 0 Å². The van der Waals surface area contributed by atoms with Gasteiger partial charge in [0.25, 0.3) is 0 Å². The summed E-state index contributed by atoms with van der Waals surface area (Å²) in [5, 5.41) is 5.48. The number of nitrogens with one attached hydrogen (secondary N) is 1. The van der Waals surface area contributed by atoms with Gasteiger partial charge >= 0.3 is 0 Å². The van der Waals surface area contributed by atoms with E-state index in [0.29, 0.717) is 0 Å². The summed E-state index contributed by atoms with van der Waals surface area (Å²) in [5.74, 6) is 0. The maximum absolute atomic E-state index is 4.25. The molecule has 1 N–H and O–H groups in total. The van der Waals surface area contributed by atoms with Gasteiger partial charge in [-0.15, -0.1) is 11.3 Å². The third kappa shape index (κ3) is 4.03. The lowest BCUT2D eigenvalue weighted by Gasteiger charge is -2.05. The van der Waals surface area contributed by atoms with Crippen LogP contribution in [0.3, 0.4) is 0 Å². The Balaban J connectivity index is 2.45. The first-order chi connectivity index (χ1) is 6.86. The molecule has 0 spiro atoms. The number of rotatable bonds is 6. The average Bonchev–Trinajstić information content (AvgIpc) is 2.69. The van der Waals surface area contributed by atoms with Crippen molar-refractivity contribution in [3.63, 3.8) is 0 Å². The Kier molecular flexibility index (Phi) is 5.49. The van der Waals surface area contributed by atoms with Gasteiger partial charge in [0.05, 0.1) is 11.2 Å². The van der Waals surface area contributed by atoms with Crippen molar-refractivity contribution in [2.75, 3.05) is 13.1 Å². The first-order valence-electron chi connectivity index (χ1n) is 5.15. The van der Waals surface area contributed by atoms with Crippen molar-refractivity contribution >= 4 is 17.4 Å². The Labute approximate surface area is 90.1 Å². The highest BCUT2D eigenvalue weighted by atomic mass is 32.1. The van der Waals surface area contributed by atoms with E-state index in [1.54, 1.807) is 11.3 Å². The van der Waals surface area contributed by atoms with Gasteiger partial charge in [0.15, 0.2) is 0 Å². The minimum absolute atomic E-state index is 0.988. The molecule has 0 aliphatic rings. The molecule has 0 unspecified atom stereocenters. The molecular formula is C11H18N2S. The molecule has 0 radical (unpaired) electrons. The second-order valence-corrected chi connectivity index (χ2v) is 3.96. The van der Waals surface area contributed by atoms with Crippen LogP contribution in [0.4, 0.5) is 0 Å². The molecule has 14 heavy (non-hydrogen) atoms. The van der Waals surface area contributed by atoms with Gasteiger partial charge in [-0.2, -0.15) is 0 Å². The van der Waals surface area contributed by atoms with Gasteiger partial charge in [-0.3, -0.25) is 0 Å². The lowest BCUT2D eigenvalue weighted by atomic mass is 10.1. The Bertz CT molecular complexity index is 265. The lowest BCUT2D eigenvalue weighted by molar-refractivity contribution is 0.705. The predicted molar refractivity (Wildman–Crippen MR) is 63.5 cm³/mol. The molecule has 0 atom stereocenters. The summed E-state index contributed by atoms with van der Waals surface area (Å²) in [7, 11) is 0. The maximum atomic E-state index is 4.25. The van der Waals surface area contributed by atoms with Crippen LogP contribution in [0.25, 0.3) is 6.08 Å². The lowest BCUT2D eigenvalue weighted by Crippen LogP contribution is -2.17. The number of thiazole rings is 1. The smallest absolute Gasteiger partial charge is 0.0798 e. The summed E-state index contributed by atoms with van der Waals surface area (Å²) < 4.78 is 0. The van der Waals surface area contributed by atoms with E-state index >= 15 is 0 Å². The van der Waals surface area contributed by atoms with Crippen LogP contribution in [-0.4, -0.2) is 18.1 Å². The summed E-state index contributed by atoms with van der Waals surface area (Å²) in [5.41, 5.74) is 4.38. The predicted octanol–water partition coefficient (Wildman–Crippen LogP) is 2.94. The largest absolute Gasteiger partial charge is 0.313 e. The molecule has 0 bridgehead atoms. The molecule has 2 nitrogen and oxygen atoms in total. The third-order valence-electron chi connectivity index (χ3n) is 2.04. The fraction of sp³-hybridized carbons (Fsp3) is 0.545. The standard InChI is InChI=1S/C11H18N2S/c1-3-5-12-7-10(4-2)6-11-8-14-9-13-11/h6,8-9,12H,3-5,7H2,1-2H3. The Morgan fingerprint density at radius 2 is 2.43 bits per heavy atom. The summed E-state index contributed by atoms with van der Waals surface area (Å²) in [6.45, 7) is 6.45. The number of nitrogens with zero attached hydrogens (tertiary/aromatic N) is 1. The second kappa shape index (κ2) is 6.74. The second-order valence-electron chi connectivity index (χ2n) is 3.25. The fourth-order valence-electron chi connectivity index (χ4n) is 1.21. The molecule has 0 saturated carbocycles. The molecule has 1 heterocycles. The van der Waals surface area contributed by atoms with E-state index in [9.17, 15) is 0 Å². The Morgan fingerprint density at radius 3 is 3.00 bits per heavy atom. The van der Waals surface area contributed by atoms with Crippen LogP contribution in [0, 0.1) is 0 Å². The van der Waals surface area contributed by atoms with E-state index in [1.165, 1.54) is 12.0 Å². The Hall–Kier alpha value is -0.670. The summed E-state index contributed by atoms with van der Waals surface area (Å²) >= 11 is 1.64. The monoisotopic (exact) mass is 210 g/mol. The summed E-state index contributed by atoms with van der Waals surface area (Å²) in [4.78, 5) is 4.25. The molecule has 78 valence electrons. The van der Waals surface area contributed by atoms with Crippen molar-refractivity contribution < 1.29 is 0 Å². The molecule has 0 fully saturated rings. The van der Waals surface area contributed by atoms with Crippen molar-refractivity contribution in [3.05, 3.63) is 22.2 Å². The van der Waals surface area contributed by atoms with Gasteiger partial charge in [-0.05, 0) is 25.5 Å². The third-order valence-corrected chi connectivity index (χ3v) is 2.64. The first-order valence-corrected chi connectivity index (χ1v) is 6.09. The molecule has 3 heteroatoms. The van der Waals surface area contributed by atoms with E-state index in [1.807, 2.05) is 5.51 Å². The van der Waals surface area contributed by atoms with Crippen molar-refractivity contribution in [3.8, 4) is 0 Å². The van der Waals surface area contributed by atoms with Crippen molar-refractivity contribution in [1.29, 1.82) is 0 Å². The van der Waals surface area contributed by atoms with Crippen LogP contribution in [-0.2, 0) is 0 Å². The van der Waals surface area contributed by atoms with Crippen LogP contribution in [0.2, 0.25) is 0 Å². The minimum atomic E-state index is 0.988. The summed E-state index contributed by atoms with van der Waals surface area (Å²) in [6, 6.07) is 0. The highest BCUT2D eigenvalue weighted by Crippen LogP contribution is 2.09. The molecule has 0 aliphatic heterocycles. The molecule has 0 amide bonds. The number of aromatic nitrogens is 1. The van der Waals surface area contributed by atoms with E-state index in [2.05, 4.69) is 35.6 Å². The van der Waals surface area contributed by atoms with Gasteiger partial charge in [-0.1, -0.05) is 19.4 Å². The van der Waals surface area contributed by atoms with Crippen LogP contribution >= 0.6 is 11.3 Å². The minimum Gasteiger partial charge on any atom is -0.313 e. The van der Waals surface area contributed by atoms with Crippen LogP contribution < -0.4 is 5.32 Å². The van der Waals surface area contributed by atoms with Crippen LogP contribution in [0.15, 0.2) is 16.5 Å². The molecule has 1 aromatic heterocycles. The van der Waals surface area contributed by atoms with E-state index in [-0.39, 0.29) is 0 Å². The topological polar surface area (TPSA) is 24.9 Å². The van der Waals surface area contributed by atoms with Crippen molar-refractivity contribution in [2.45, 2.75) is 26.7 Å². The number of hydrogen-bond acceptors (Lipinski definition) is 3. The zero-order chi connectivity index (χ0) is 10.2.